The van der Waals surface area contributed by atoms with Gasteiger partial charge in [-0.1, -0.05) is 53.7 Å². The fourth-order valence-corrected chi connectivity index (χ4v) is 4.28. The van der Waals surface area contributed by atoms with E-state index < -0.39 is 0 Å². The summed E-state index contributed by atoms with van der Waals surface area (Å²) in [6.45, 7) is 15.0. The first-order valence-electron chi connectivity index (χ1n) is 11.9. The van der Waals surface area contributed by atoms with Gasteiger partial charge in [0.05, 0.1) is 6.33 Å². The number of aryl methyl sites for hydroxylation is 2. The van der Waals surface area contributed by atoms with Crippen molar-refractivity contribution in [1.82, 2.24) is 24.0 Å². The highest BCUT2D eigenvalue weighted by Crippen LogP contribution is 2.39. The van der Waals surface area contributed by atoms with Crippen molar-refractivity contribution in [2.75, 3.05) is 13.1 Å². The summed E-state index contributed by atoms with van der Waals surface area (Å²) in [6, 6.07) is 4.26. The summed E-state index contributed by atoms with van der Waals surface area (Å²) in [5.41, 5.74) is 3.09. The van der Waals surface area contributed by atoms with Crippen LogP contribution in [0.25, 0.3) is 11.2 Å². The van der Waals surface area contributed by atoms with Crippen molar-refractivity contribution in [2.45, 2.75) is 71.8 Å². The van der Waals surface area contributed by atoms with Gasteiger partial charge in [-0.3, -0.25) is 13.9 Å². The maximum atomic E-state index is 12.6. The van der Waals surface area contributed by atoms with Crippen LogP contribution >= 0.6 is 0 Å². The number of fused-ring (bicyclic) bond motifs is 1. The van der Waals surface area contributed by atoms with Crippen LogP contribution in [-0.2, 0) is 37.9 Å². The van der Waals surface area contributed by atoms with Crippen molar-refractivity contribution < 1.29 is 5.11 Å². The minimum Gasteiger partial charge on any atom is -0.507 e. The number of phenols is 1. The summed E-state index contributed by atoms with van der Waals surface area (Å²) in [6.07, 6.45) is 3.32. The topological polar surface area (TPSA) is 94.1 Å². The molecule has 34 heavy (non-hydrogen) atoms. The molecule has 0 saturated heterocycles. The number of rotatable bonds is 7. The van der Waals surface area contributed by atoms with Crippen molar-refractivity contribution in [3.63, 3.8) is 0 Å². The zero-order valence-corrected chi connectivity index (χ0v) is 21.8. The molecule has 1 aromatic carbocycles. The van der Waals surface area contributed by atoms with Gasteiger partial charge in [0.2, 0.25) is 0 Å². The van der Waals surface area contributed by atoms with Gasteiger partial charge in [-0.2, -0.15) is 0 Å². The van der Waals surface area contributed by atoms with E-state index in [1.807, 2.05) is 4.57 Å². The third kappa shape index (κ3) is 5.12. The van der Waals surface area contributed by atoms with Crippen LogP contribution in [0.4, 0.5) is 0 Å². The van der Waals surface area contributed by atoms with Crippen LogP contribution in [0.3, 0.4) is 0 Å². The second-order valence-electron chi connectivity index (χ2n) is 11.2. The van der Waals surface area contributed by atoms with Gasteiger partial charge >= 0.3 is 5.69 Å². The summed E-state index contributed by atoms with van der Waals surface area (Å²) >= 11 is 0. The predicted octanol–water partition coefficient (Wildman–Crippen LogP) is 2.96. The monoisotopic (exact) mass is 469 g/mol. The van der Waals surface area contributed by atoms with E-state index in [-0.39, 0.29) is 22.1 Å². The Kier molecular flexibility index (Phi) is 7.12. The molecule has 0 bridgehead atoms. The molecule has 3 rings (SSSR count). The van der Waals surface area contributed by atoms with Gasteiger partial charge in [0.15, 0.2) is 11.2 Å². The van der Waals surface area contributed by atoms with Crippen molar-refractivity contribution in [2.24, 2.45) is 14.1 Å². The van der Waals surface area contributed by atoms with E-state index in [0.717, 1.165) is 41.6 Å². The number of hydrogen-bond acceptors (Lipinski definition) is 5. The first kappa shape index (κ1) is 25.7. The van der Waals surface area contributed by atoms with Gasteiger partial charge in [0.1, 0.15) is 5.75 Å². The van der Waals surface area contributed by atoms with Gasteiger partial charge < -0.3 is 15.0 Å². The smallest absolute Gasteiger partial charge is 0.332 e. The first-order valence-corrected chi connectivity index (χ1v) is 11.9. The van der Waals surface area contributed by atoms with Crippen molar-refractivity contribution in [3.05, 3.63) is 56.0 Å². The average Bonchev–Trinajstić information content (AvgIpc) is 3.16. The highest BCUT2D eigenvalue weighted by atomic mass is 16.3. The van der Waals surface area contributed by atoms with E-state index in [0.29, 0.717) is 23.5 Å². The molecule has 3 aromatic rings. The van der Waals surface area contributed by atoms with Crippen molar-refractivity contribution in [1.29, 1.82) is 0 Å². The summed E-state index contributed by atoms with van der Waals surface area (Å²) in [5, 5.41) is 14.4. The van der Waals surface area contributed by atoms with E-state index in [2.05, 4.69) is 64.0 Å². The van der Waals surface area contributed by atoms with E-state index >= 15 is 0 Å². The van der Waals surface area contributed by atoms with Gasteiger partial charge in [-0.25, -0.2) is 9.78 Å². The second-order valence-corrected chi connectivity index (χ2v) is 11.2. The van der Waals surface area contributed by atoms with Crippen LogP contribution in [0.1, 0.15) is 64.7 Å². The number of hydrogen-bond donors (Lipinski definition) is 2. The predicted molar refractivity (Wildman–Crippen MR) is 137 cm³/mol. The van der Waals surface area contributed by atoms with Crippen LogP contribution in [-0.4, -0.2) is 36.9 Å². The average molecular weight is 470 g/mol. The maximum absolute atomic E-state index is 12.6. The standard InChI is InChI=1S/C26H39N5O3/c1-25(2,3)18-14-17(15-19(21(18)32)26(4,5)6)10-12-27-11-9-13-31-16-28-22-20(31)23(33)30(8)24(34)29(22)7/h14-16,27,32H,9-13H2,1-8H3. The lowest BCUT2D eigenvalue weighted by molar-refractivity contribution is 0.422. The summed E-state index contributed by atoms with van der Waals surface area (Å²) in [7, 11) is 3.12. The molecule has 0 fully saturated rings. The lowest BCUT2D eigenvalue weighted by atomic mass is 9.78. The number of phenolic OH excluding ortho intramolecular Hbond substituents is 1. The number of benzene rings is 1. The Balaban J connectivity index is 1.63. The molecule has 8 heteroatoms. The number of nitrogens with one attached hydrogen (secondary N) is 1. The van der Waals surface area contributed by atoms with E-state index in [4.69, 9.17) is 0 Å². The Labute approximate surface area is 201 Å². The van der Waals surface area contributed by atoms with Crippen LogP contribution < -0.4 is 16.6 Å². The highest BCUT2D eigenvalue weighted by molar-refractivity contribution is 5.69. The van der Waals surface area contributed by atoms with Gasteiger partial charge in [0.25, 0.3) is 5.56 Å². The number of aromatic hydroxyl groups is 1. The Morgan fingerprint density at radius 3 is 2.09 bits per heavy atom. The summed E-state index contributed by atoms with van der Waals surface area (Å²) in [4.78, 5) is 28.9. The molecule has 8 nitrogen and oxygen atoms in total. The molecular formula is C26H39N5O3. The summed E-state index contributed by atoms with van der Waals surface area (Å²) < 4.78 is 4.35. The molecule has 0 spiro atoms. The Bertz CT molecular complexity index is 1260. The molecule has 2 N–H and O–H groups in total. The number of aromatic nitrogens is 4. The van der Waals surface area contributed by atoms with Crippen LogP contribution in [0.15, 0.2) is 28.0 Å². The van der Waals surface area contributed by atoms with Crippen molar-refractivity contribution in [3.8, 4) is 5.75 Å². The fourth-order valence-electron chi connectivity index (χ4n) is 4.28. The van der Waals surface area contributed by atoms with Gasteiger partial charge in [0, 0.05) is 20.6 Å². The number of nitrogens with zero attached hydrogens (tertiary/aromatic N) is 4. The van der Waals surface area contributed by atoms with E-state index in [1.165, 1.54) is 17.2 Å². The van der Waals surface area contributed by atoms with Gasteiger partial charge in [-0.15, -0.1) is 0 Å². The molecule has 0 radical (unpaired) electrons. The third-order valence-electron chi connectivity index (χ3n) is 6.35. The molecule has 0 aliphatic heterocycles. The Hall–Kier alpha value is -2.87. The maximum Gasteiger partial charge on any atom is 0.332 e. The molecule has 0 aliphatic rings. The van der Waals surface area contributed by atoms with Crippen LogP contribution in [0, 0.1) is 0 Å². The van der Waals surface area contributed by atoms with Gasteiger partial charge in [-0.05, 0) is 53.5 Å². The normalized spacial score (nSPS) is 12.6. The number of imidazole rings is 1. The summed E-state index contributed by atoms with van der Waals surface area (Å²) in [5.74, 6) is 0.410. The Morgan fingerprint density at radius 2 is 1.53 bits per heavy atom. The molecule has 0 amide bonds. The highest BCUT2D eigenvalue weighted by Gasteiger charge is 2.26. The first-order chi connectivity index (χ1) is 15.7. The SMILES string of the molecule is Cn1c(=O)c2c(ncn2CCCNCCc2cc(C(C)(C)C)c(O)c(C(C)(C)C)c2)n(C)c1=O. The third-order valence-corrected chi connectivity index (χ3v) is 6.35. The minimum atomic E-state index is -0.372. The molecule has 0 saturated carbocycles. The molecule has 2 heterocycles. The lowest BCUT2D eigenvalue weighted by Gasteiger charge is -2.28. The van der Waals surface area contributed by atoms with Crippen LogP contribution in [0.2, 0.25) is 0 Å². The quantitative estimate of drug-likeness (QED) is 0.519. The molecule has 186 valence electrons. The molecule has 0 aliphatic carbocycles. The zero-order valence-electron chi connectivity index (χ0n) is 21.8. The van der Waals surface area contributed by atoms with Crippen LogP contribution in [0.5, 0.6) is 5.75 Å². The van der Waals surface area contributed by atoms with Crippen molar-refractivity contribution >= 4 is 11.2 Å². The van der Waals surface area contributed by atoms with E-state index in [1.54, 1.807) is 13.4 Å². The zero-order chi connectivity index (χ0) is 25.4. The molecule has 2 aromatic heterocycles. The second kappa shape index (κ2) is 9.41. The molecule has 0 unspecified atom stereocenters. The Morgan fingerprint density at radius 1 is 0.941 bits per heavy atom. The molecule has 0 atom stereocenters. The lowest BCUT2D eigenvalue weighted by Crippen LogP contribution is -2.37. The van der Waals surface area contributed by atoms with E-state index in [9.17, 15) is 14.7 Å². The largest absolute Gasteiger partial charge is 0.507 e. The molecular weight excluding hydrogens is 430 g/mol. The fraction of sp³-hybridized carbons (Fsp3) is 0.577. The minimum absolute atomic E-state index is 0.137.